The van der Waals surface area contributed by atoms with Crippen molar-refractivity contribution in [3.8, 4) is 5.75 Å². The summed E-state index contributed by atoms with van der Waals surface area (Å²) in [4.78, 5) is 10.9. The van der Waals surface area contributed by atoms with E-state index in [1.54, 1.807) is 0 Å². The molecule has 8 heteroatoms. The van der Waals surface area contributed by atoms with Gasteiger partial charge in [0.05, 0.1) is 11.8 Å². The lowest BCUT2D eigenvalue weighted by molar-refractivity contribution is -0.187. The van der Waals surface area contributed by atoms with Crippen molar-refractivity contribution in [2.45, 2.75) is 12.3 Å². The third-order valence-electron chi connectivity index (χ3n) is 2.62. The number of alkyl halides is 3. The molecule has 1 aliphatic heterocycles. The zero-order chi connectivity index (χ0) is 14.9. The number of carbonyl (C=O) groups is 1. The Morgan fingerprint density at radius 2 is 2.10 bits per heavy atom. The predicted octanol–water partition coefficient (Wildman–Crippen LogP) is 2.29. The zero-order valence-corrected chi connectivity index (χ0v) is 9.76. The SMILES string of the molecule is O=C(O)C1=Cc2cc(C=NO)ccc2OC1C(F)(F)F. The highest BCUT2D eigenvalue weighted by molar-refractivity contribution is 5.95. The van der Waals surface area contributed by atoms with Crippen molar-refractivity contribution < 1.29 is 33.0 Å². The summed E-state index contributed by atoms with van der Waals surface area (Å²) in [6, 6.07) is 3.98. The summed E-state index contributed by atoms with van der Waals surface area (Å²) in [5.74, 6) is -1.80. The van der Waals surface area contributed by atoms with Gasteiger partial charge < -0.3 is 15.1 Å². The molecule has 0 aromatic heterocycles. The summed E-state index contributed by atoms with van der Waals surface area (Å²) in [6.45, 7) is 0. The van der Waals surface area contributed by atoms with E-state index < -0.39 is 23.8 Å². The lowest BCUT2D eigenvalue weighted by Crippen LogP contribution is -2.40. The molecule has 1 unspecified atom stereocenters. The van der Waals surface area contributed by atoms with Crippen LogP contribution in [0.4, 0.5) is 13.2 Å². The fraction of sp³-hybridized carbons (Fsp3) is 0.167. The van der Waals surface area contributed by atoms with Crippen molar-refractivity contribution >= 4 is 18.3 Å². The van der Waals surface area contributed by atoms with Gasteiger partial charge in [-0.15, -0.1) is 0 Å². The number of rotatable bonds is 2. The van der Waals surface area contributed by atoms with E-state index in [1.807, 2.05) is 0 Å². The summed E-state index contributed by atoms with van der Waals surface area (Å²) < 4.78 is 43.0. The number of nitrogens with zero attached hydrogens (tertiary/aromatic N) is 1. The number of fused-ring (bicyclic) bond motifs is 1. The minimum atomic E-state index is -4.83. The van der Waals surface area contributed by atoms with Crippen molar-refractivity contribution in [1.82, 2.24) is 0 Å². The molecule has 0 aliphatic carbocycles. The molecule has 1 aromatic rings. The molecule has 0 radical (unpaired) electrons. The monoisotopic (exact) mass is 287 g/mol. The third kappa shape index (κ3) is 2.58. The summed E-state index contributed by atoms with van der Waals surface area (Å²) in [5, 5.41) is 20.0. The van der Waals surface area contributed by atoms with Crippen LogP contribution >= 0.6 is 0 Å². The Morgan fingerprint density at radius 1 is 1.40 bits per heavy atom. The number of benzene rings is 1. The van der Waals surface area contributed by atoms with Gasteiger partial charge in [-0.3, -0.25) is 0 Å². The maximum absolute atomic E-state index is 12.8. The van der Waals surface area contributed by atoms with Gasteiger partial charge in [-0.1, -0.05) is 5.16 Å². The fourth-order valence-corrected chi connectivity index (χ4v) is 1.78. The van der Waals surface area contributed by atoms with Crippen molar-refractivity contribution in [2.75, 3.05) is 0 Å². The van der Waals surface area contributed by atoms with Gasteiger partial charge in [0.25, 0.3) is 0 Å². The number of carboxylic acid groups (broad SMARTS) is 1. The highest BCUT2D eigenvalue weighted by Crippen LogP contribution is 2.37. The minimum absolute atomic E-state index is 0.0904. The first kappa shape index (κ1) is 13.9. The Labute approximate surface area is 110 Å². The van der Waals surface area contributed by atoms with Gasteiger partial charge >= 0.3 is 12.1 Å². The lowest BCUT2D eigenvalue weighted by Gasteiger charge is -2.27. The summed E-state index contributed by atoms with van der Waals surface area (Å²) in [5.41, 5.74) is -0.343. The second kappa shape index (κ2) is 4.87. The zero-order valence-electron chi connectivity index (χ0n) is 9.76. The fourth-order valence-electron chi connectivity index (χ4n) is 1.78. The van der Waals surface area contributed by atoms with Crippen molar-refractivity contribution in [1.29, 1.82) is 0 Å². The highest BCUT2D eigenvalue weighted by Gasteiger charge is 2.48. The molecule has 0 amide bonds. The second-order valence-corrected chi connectivity index (χ2v) is 3.99. The van der Waals surface area contributed by atoms with Gasteiger partial charge in [-0.2, -0.15) is 13.2 Å². The first-order valence-corrected chi connectivity index (χ1v) is 5.32. The quantitative estimate of drug-likeness (QED) is 0.497. The largest absolute Gasteiger partial charge is 0.478 e. The lowest BCUT2D eigenvalue weighted by atomic mass is 10.00. The van der Waals surface area contributed by atoms with E-state index in [4.69, 9.17) is 15.1 Å². The van der Waals surface area contributed by atoms with Gasteiger partial charge in [-0.05, 0) is 29.8 Å². The Balaban J connectivity index is 2.51. The Morgan fingerprint density at radius 3 is 2.65 bits per heavy atom. The molecule has 0 saturated carbocycles. The van der Waals surface area contributed by atoms with Crippen LogP contribution in [-0.4, -0.2) is 34.8 Å². The number of oxime groups is 1. The molecule has 0 bridgehead atoms. The van der Waals surface area contributed by atoms with E-state index in [0.717, 1.165) is 12.3 Å². The maximum Gasteiger partial charge on any atom is 0.430 e. The number of ether oxygens (including phenoxy) is 1. The summed E-state index contributed by atoms with van der Waals surface area (Å²) in [7, 11) is 0. The Hall–Kier alpha value is -2.51. The molecule has 5 nitrogen and oxygen atoms in total. The first-order chi connectivity index (χ1) is 9.32. The minimum Gasteiger partial charge on any atom is -0.478 e. The average Bonchev–Trinajstić information content (AvgIpc) is 2.36. The van der Waals surface area contributed by atoms with Crippen LogP contribution in [0.25, 0.3) is 6.08 Å². The van der Waals surface area contributed by atoms with Gasteiger partial charge in [0.2, 0.25) is 6.10 Å². The van der Waals surface area contributed by atoms with Crippen molar-refractivity contribution in [2.24, 2.45) is 5.16 Å². The third-order valence-corrected chi connectivity index (χ3v) is 2.62. The topological polar surface area (TPSA) is 79.1 Å². The maximum atomic E-state index is 12.8. The number of carboxylic acids is 1. The van der Waals surface area contributed by atoms with Crippen LogP contribution in [0, 0.1) is 0 Å². The van der Waals surface area contributed by atoms with Crippen LogP contribution in [-0.2, 0) is 4.79 Å². The molecule has 106 valence electrons. The molecule has 20 heavy (non-hydrogen) atoms. The van der Waals surface area contributed by atoms with Crippen LogP contribution in [0.3, 0.4) is 0 Å². The van der Waals surface area contributed by atoms with Gasteiger partial charge in [0, 0.05) is 5.56 Å². The van der Waals surface area contributed by atoms with E-state index >= 15 is 0 Å². The first-order valence-electron chi connectivity index (χ1n) is 5.32. The number of hydrogen-bond acceptors (Lipinski definition) is 4. The van der Waals surface area contributed by atoms with Gasteiger partial charge in [0.15, 0.2) is 0 Å². The van der Waals surface area contributed by atoms with E-state index in [2.05, 4.69) is 5.16 Å². The highest BCUT2D eigenvalue weighted by atomic mass is 19.4. The molecule has 2 rings (SSSR count). The Bertz CT molecular complexity index is 607. The van der Waals surface area contributed by atoms with E-state index in [1.165, 1.54) is 18.2 Å². The van der Waals surface area contributed by atoms with E-state index in [0.29, 0.717) is 5.56 Å². The molecular weight excluding hydrogens is 279 g/mol. The van der Waals surface area contributed by atoms with Gasteiger partial charge in [-0.25, -0.2) is 4.79 Å². The van der Waals surface area contributed by atoms with Crippen LogP contribution in [0.1, 0.15) is 11.1 Å². The summed E-state index contributed by atoms with van der Waals surface area (Å²) in [6.07, 6.45) is -5.38. The second-order valence-electron chi connectivity index (χ2n) is 3.99. The smallest absolute Gasteiger partial charge is 0.430 e. The average molecular weight is 287 g/mol. The van der Waals surface area contributed by atoms with Crippen LogP contribution in [0.2, 0.25) is 0 Å². The number of hydrogen-bond donors (Lipinski definition) is 2. The van der Waals surface area contributed by atoms with Gasteiger partial charge in [0.1, 0.15) is 5.75 Å². The molecule has 1 aliphatic rings. The number of halogens is 3. The van der Waals surface area contributed by atoms with Crippen molar-refractivity contribution in [3.63, 3.8) is 0 Å². The van der Waals surface area contributed by atoms with Crippen LogP contribution in [0.5, 0.6) is 5.75 Å². The molecule has 0 fully saturated rings. The van der Waals surface area contributed by atoms with Crippen LogP contribution < -0.4 is 4.74 Å². The van der Waals surface area contributed by atoms with Crippen LogP contribution in [0.15, 0.2) is 28.9 Å². The van der Waals surface area contributed by atoms with Crippen molar-refractivity contribution in [3.05, 3.63) is 34.9 Å². The normalized spacial score (nSPS) is 18.4. The Kier molecular flexibility index (Phi) is 3.39. The van der Waals surface area contributed by atoms with E-state index in [9.17, 15) is 18.0 Å². The summed E-state index contributed by atoms with van der Waals surface area (Å²) >= 11 is 0. The predicted molar refractivity (Wildman–Crippen MR) is 61.9 cm³/mol. The molecular formula is C12H8F3NO4. The molecule has 0 spiro atoms. The molecule has 1 heterocycles. The molecule has 1 aromatic carbocycles. The number of aliphatic carboxylic acids is 1. The molecule has 0 saturated heterocycles. The molecule has 2 N–H and O–H groups in total. The standard InChI is InChI=1S/C12H8F3NO4/c13-12(14,15)10-8(11(17)18)4-7-3-6(5-16-19)1-2-9(7)20-10/h1-5,10,19H,(H,17,18). The van der Waals surface area contributed by atoms with E-state index in [-0.39, 0.29) is 11.3 Å². The molecule has 1 atom stereocenters.